The molecule has 1 amide bonds. The van der Waals surface area contributed by atoms with E-state index in [1.807, 2.05) is 53.6 Å². The SMILES string of the molecule is COc1ccc(Cl)c(C(=O)N2C3CC(=O)CC2CN(Cc2c(-c4ccc(Cl)cc4)nc4ccccn24)C3)c1. The number of piperazine rings is 1. The minimum absolute atomic E-state index is 0.160. The number of pyridine rings is 1. The summed E-state index contributed by atoms with van der Waals surface area (Å²) in [6, 6.07) is 18.3. The van der Waals surface area contributed by atoms with E-state index >= 15 is 0 Å². The van der Waals surface area contributed by atoms with Gasteiger partial charge in [0.25, 0.3) is 5.91 Å². The number of hydrogen-bond donors (Lipinski definition) is 0. The number of Topliss-reactive ketones (excluding diaryl/α,β-unsaturated/α-hetero) is 1. The second kappa shape index (κ2) is 10.1. The first kappa shape index (κ1) is 24.9. The number of hydrogen-bond acceptors (Lipinski definition) is 5. The Hall–Kier alpha value is -3.39. The summed E-state index contributed by atoms with van der Waals surface area (Å²) in [4.78, 5) is 35.4. The molecule has 2 fully saturated rings. The molecule has 38 heavy (non-hydrogen) atoms. The van der Waals surface area contributed by atoms with Gasteiger partial charge in [0, 0.05) is 49.3 Å². The molecule has 6 rings (SSSR count). The van der Waals surface area contributed by atoms with E-state index in [2.05, 4.69) is 9.30 Å². The molecule has 4 aromatic rings. The highest BCUT2D eigenvalue weighted by atomic mass is 35.5. The summed E-state index contributed by atoms with van der Waals surface area (Å²) in [5, 5.41) is 1.05. The van der Waals surface area contributed by atoms with Crippen molar-refractivity contribution in [3.05, 3.63) is 88.2 Å². The molecular weight excluding hydrogens is 523 g/mol. The van der Waals surface area contributed by atoms with Crippen LogP contribution in [-0.4, -0.2) is 63.2 Å². The number of piperidine rings is 1. The van der Waals surface area contributed by atoms with Crippen LogP contribution in [0.3, 0.4) is 0 Å². The van der Waals surface area contributed by atoms with Gasteiger partial charge in [-0.3, -0.25) is 14.5 Å². The second-order valence-corrected chi connectivity index (χ2v) is 10.7. The van der Waals surface area contributed by atoms with Crippen LogP contribution < -0.4 is 4.74 Å². The van der Waals surface area contributed by atoms with E-state index in [4.69, 9.17) is 32.9 Å². The number of rotatable bonds is 5. The summed E-state index contributed by atoms with van der Waals surface area (Å²) in [5.74, 6) is 0.602. The van der Waals surface area contributed by atoms with E-state index in [9.17, 15) is 9.59 Å². The molecule has 2 aromatic heterocycles. The summed E-state index contributed by atoms with van der Waals surface area (Å²) < 4.78 is 7.43. The van der Waals surface area contributed by atoms with Crippen molar-refractivity contribution in [1.82, 2.24) is 19.2 Å². The number of ether oxygens (including phenoxy) is 1. The fourth-order valence-corrected chi connectivity index (χ4v) is 6.05. The number of halogens is 2. The van der Waals surface area contributed by atoms with Gasteiger partial charge >= 0.3 is 0 Å². The lowest BCUT2D eigenvalue weighted by atomic mass is 9.89. The average molecular weight is 549 g/mol. The van der Waals surface area contributed by atoms with E-state index in [-0.39, 0.29) is 23.8 Å². The van der Waals surface area contributed by atoms with Crippen molar-refractivity contribution in [2.24, 2.45) is 0 Å². The van der Waals surface area contributed by atoms with Gasteiger partial charge in [0.05, 0.1) is 41.2 Å². The molecule has 9 heteroatoms. The van der Waals surface area contributed by atoms with E-state index < -0.39 is 0 Å². The van der Waals surface area contributed by atoms with Crippen LogP contribution in [0.15, 0.2) is 66.9 Å². The first-order valence-corrected chi connectivity index (χ1v) is 13.3. The highest BCUT2D eigenvalue weighted by Gasteiger charge is 2.44. The van der Waals surface area contributed by atoms with Gasteiger partial charge in [-0.15, -0.1) is 0 Å². The van der Waals surface area contributed by atoms with Crippen LogP contribution >= 0.6 is 23.2 Å². The zero-order valence-corrected chi connectivity index (χ0v) is 22.3. The quantitative estimate of drug-likeness (QED) is 0.335. The maximum Gasteiger partial charge on any atom is 0.256 e. The Bertz CT molecular complexity index is 1520. The summed E-state index contributed by atoms with van der Waals surface area (Å²) >= 11 is 12.6. The fraction of sp³-hybridized carbons (Fsp3) is 0.276. The van der Waals surface area contributed by atoms with Crippen molar-refractivity contribution >= 4 is 40.5 Å². The number of nitrogens with zero attached hydrogens (tertiary/aromatic N) is 4. The molecule has 2 saturated heterocycles. The standard InChI is InChI=1S/C29H26Cl2N4O3/c1-38-23-9-10-25(31)24(14-23)29(37)35-20-12-22(36)13-21(35)16-33(15-20)17-26-28(18-5-7-19(30)8-6-18)32-27-4-2-3-11-34(26)27/h2-11,14,20-21H,12-13,15-17H2,1H3. The van der Waals surface area contributed by atoms with Crippen molar-refractivity contribution in [2.75, 3.05) is 20.2 Å². The minimum atomic E-state index is -0.233. The maximum atomic E-state index is 13.7. The predicted molar refractivity (Wildman–Crippen MR) is 147 cm³/mol. The number of amides is 1. The van der Waals surface area contributed by atoms with Crippen molar-refractivity contribution < 1.29 is 14.3 Å². The summed E-state index contributed by atoms with van der Waals surface area (Å²) in [7, 11) is 1.56. The molecule has 4 heterocycles. The van der Waals surface area contributed by atoms with Crippen molar-refractivity contribution in [2.45, 2.75) is 31.5 Å². The first-order valence-electron chi connectivity index (χ1n) is 12.5. The summed E-state index contributed by atoms with van der Waals surface area (Å²) in [5.41, 5.74) is 4.21. The zero-order chi connectivity index (χ0) is 26.4. The second-order valence-electron chi connectivity index (χ2n) is 9.85. The monoisotopic (exact) mass is 548 g/mol. The van der Waals surface area contributed by atoms with Gasteiger partial charge in [-0.2, -0.15) is 0 Å². The lowest BCUT2D eigenvalue weighted by molar-refractivity contribution is -0.127. The third-order valence-electron chi connectivity index (χ3n) is 7.41. The summed E-state index contributed by atoms with van der Waals surface area (Å²) in [6.45, 7) is 1.79. The molecule has 2 unspecified atom stereocenters. The van der Waals surface area contributed by atoms with Crippen LogP contribution in [0.4, 0.5) is 0 Å². The number of benzene rings is 2. The van der Waals surface area contributed by atoms with E-state index in [1.54, 1.807) is 25.3 Å². The Balaban J connectivity index is 1.31. The van der Waals surface area contributed by atoms with E-state index in [0.717, 1.165) is 22.6 Å². The lowest BCUT2D eigenvalue weighted by Crippen LogP contribution is -2.64. The lowest BCUT2D eigenvalue weighted by Gasteiger charge is -2.49. The molecule has 0 aliphatic carbocycles. The van der Waals surface area contributed by atoms with Crippen molar-refractivity contribution in [3.63, 3.8) is 0 Å². The van der Waals surface area contributed by atoms with Gasteiger partial charge in [-0.1, -0.05) is 41.4 Å². The Morgan fingerprint density at radius 3 is 2.47 bits per heavy atom. The third-order valence-corrected chi connectivity index (χ3v) is 7.99. The molecule has 2 atom stereocenters. The van der Waals surface area contributed by atoms with Crippen LogP contribution in [-0.2, 0) is 11.3 Å². The molecular formula is C29H26Cl2N4O3. The van der Waals surface area contributed by atoms with Crippen molar-refractivity contribution in [1.29, 1.82) is 0 Å². The predicted octanol–water partition coefficient (Wildman–Crippen LogP) is 5.37. The number of likely N-dealkylation sites (tertiary alicyclic amines) is 1. The average Bonchev–Trinajstić information content (AvgIpc) is 3.26. The van der Waals surface area contributed by atoms with Crippen molar-refractivity contribution in [3.8, 4) is 17.0 Å². The van der Waals surface area contributed by atoms with Gasteiger partial charge in [0.2, 0.25) is 0 Å². The summed E-state index contributed by atoms with van der Waals surface area (Å²) in [6.07, 6.45) is 2.68. The normalized spacial score (nSPS) is 19.7. The van der Waals surface area contributed by atoms with Gasteiger partial charge in [-0.25, -0.2) is 4.98 Å². The molecule has 0 saturated carbocycles. The smallest absolute Gasteiger partial charge is 0.256 e. The molecule has 0 radical (unpaired) electrons. The largest absolute Gasteiger partial charge is 0.497 e. The molecule has 7 nitrogen and oxygen atoms in total. The van der Waals surface area contributed by atoms with Gasteiger partial charge in [0.15, 0.2) is 0 Å². The Morgan fingerprint density at radius 2 is 1.76 bits per heavy atom. The number of aromatic nitrogens is 2. The van der Waals surface area contributed by atoms with Crippen LogP contribution in [0.1, 0.15) is 28.9 Å². The highest BCUT2D eigenvalue weighted by Crippen LogP contribution is 2.34. The molecule has 2 aliphatic heterocycles. The van der Waals surface area contributed by atoms with Crippen LogP contribution in [0.2, 0.25) is 10.0 Å². The van der Waals surface area contributed by atoms with E-state index in [1.165, 1.54) is 0 Å². The maximum absolute atomic E-state index is 13.7. The number of carbonyl (C=O) groups is 2. The third kappa shape index (κ3) is 4.55. The van der Waals surface area contributed by atoms with E-state index in [0.29, 0.717) is 53.8 Å². The van der Waals surface area contributed by atoms with Crippen LogP contribution in [0.25, 0.3) is 16.9 Å². The number of imidazole rings is 1. The minimum Gasteiger partial charge on any atom is -0.497 e. The van der Waals surface area contributed by atoms with Crippen LogP contribution in [0, 0.1) is 0 Å². The molecule has 2 bridgehead atoms. The Kier molecular flexibility index (Phi) is 6.60. The Morgan fingerprint density at radius 1 is 1.03 bits per heavy atom. The first-order chi connectivity index (χ1) is 18.4. The number of ketones is 1. The fourth-order valence-electron chi connectivity index (χ4n) is 5.72. The molecule has 2 aliphatic rings. The van der Waals surface area contributed by atoms with Crippen LogP contribution in [0.5, 0.6) is 5.75 Å². The Labute approximate surface area is 230 Å². The van der Waals surface area contributed by atoms with Gasteiger partial charge < -0.3 is 14.0 Å². The highest BCUT2D eigenvalue weighted by molar-refractivity contribution is 6.34. The van der Waals surface area contributed by atoms with Gasteiger partial charge in [0.1, 0.15) is 17.2 Å². The topological polar surface area (TPSA) is 67.2 Å². The molecule has 194 valence electrons. The molecule has 0 N–H and O–H groups in total. The number of fused-ring (bicyclic) bond motifs is 3. The zero-order valence-electron chi connectivity index (χ0n) is 20.8. The molecule has 0 spiro atoms. The number of carbonyl (C=O) groups excluding carboxylic acids is 2. The molecule has 2 aromatic carbocycles. The van der Waals surface area contributed by atoms with Gasteiger partial charge in [-0.05, 0) is 42.5 Å². The number of methoxy groups -OCH3 is 1.